The Morgan fingerprint density at radius 1 is 1.14 bits per heavy atom. The number of sulfonamides is 2. The molecule has 194 valence electrons. The highest BCUT2D eigenvalue weighted by Gasteiger charge is 2.57. The molecular weight excluding hydrogens is 516 g/mol. The maximum Gasteiger partial charge on any atom is 0.286 e. The highest BCUT2D eigenvalue weighted by molar-refractivity contribution is 7.92. The van der Waals surface area contributed by atoms with E-state index in [0.717, 1.165) is 31.1 Å². The zero-order valence-electron chi connectivity index (χ0n) is 20.0. The summed E-state index contributed by atoms with van der Waals surface area (Å²) in [5.74, 6) is -0.558. The van der Waals surface area contributed by atoms with Crippen LogP contribution >= 0.6 is 0 Å². The maximum atomic E-state index is 13.9. The second-order valence-electron chi connectivity index (χ2n) is 10.2. The van der Waals surface area contributed by atoms with E-state index in [1.165, 1.54) is 18.2 Å². The molecule has 37 heavy (non-hydrogen) atoms. The van der Waals surface area contributed by atoms with Crippen LogP contribution in [0.15, 0.2) is 69.2 Å². The predicted molar refractivity (Wildman–Crippen MR) is 138 cm³/mol. The second kappa shape index (κ2) is 8.32. The van der Waals surface area contributed by atoms with Crippen LogP contribution < -0.4 is 10.0 Å². The first-order valence-electron chi connectivity index (χ1n) is 12.0. The summed E-state index contributed by atoms with van der Waals surface area (Å²) in [4.78, 5) is 15.4. The summed E-state index contributed by atoms with van der Waals surface area (Å²) < 4.78 is 55.6. The molecule has 2 aromatic carbocycles. The third-order valence-corrected chi connectivity index (χ3v) is 9.66. The largest absolute Gasteiger partial charge is 0.511 e. The monoisotopic (exact) mass is 542 g/mol. The van der Waals surface area contributed by atoms with E-state index in [1.54, 1.807) is 4.90 Å². The van der Waals surface area contributed by atoms with Crippen molar-refractivity contribution in [2.24, 2.45) is 22.2 Å². The number of aliphatic hydroxyl groups excluding tert-OH is 1. The molecule has 3 N–H and O–H groups in total. The van der Waals surface area contributed by atoms with Gasteiger partial charge < -0.3 is 15.3 Å². The van der Waals surface area contributed by atoms with Crippen molar-refractivity contribution in [3.8, 4) is 0 Å². The Hall–Kier alpha value is -3.38. The zero-order chi connectivity index (χ0) is 26.1. The summed E-state index contributed by atoms with van der Waals surface area (Å²) in [5, 5.41) is 14.3. The van der Waals surface area contributed by atoms with E-state index in [0.29, 0.717) is 6.54 Å². The average molecular weight is 543 g/mol. The van der Waals surface area contributed by atoms with Crippen molar-refractivity contribution in [2.45, 2.75) is 36.7 Å². The fourth-order valence-electron chi connectivity index (χ4n) is 6.37. The van der Waals surface area contributed by atoms with Crippen molar-refractivity contribution in [3.05, 3.63) is 65.4 Å². The summed E-state index contributed by atoms with van der Waals surface area (Å²) in [7, 11) is -7.92. The summed E-state index contributed by atoms with van der Waals surface area (Å²) >= 11 is 0. The molecular formula is C25H26N4O6S2. The number of amides is 1. The zero-order valence-corrected chi connectivity index (χ0v) is 21.6. The molecule has 2 aliphatic carbocycles. The third kappa shape index (κ3) is 4.08. The van der Waals surface area contributed by atoms with E-state index in [2.05, 4.69) is 14.4 Å². The molecule has 4 aliphatic rings. The normalized spacial score (nSPS) is 27.9. The van der Waals surface area contributed by atoms with Crippen molar-refractivity contribution in [2.75, 3.05) is 16.3 Å². The molecule has 10 nitrogen and oxygen atoms in total. The van der Waals surface area contributed by atoms with Crippen molar-refractivity contribution < 1.29 is 26.7 Å². The lowest BCUT2D eigenvalue weighted by atomic mass is 9.77. The lowest BCUT2D eigenvalue weighted by Crippen LogP contribution is -2.53. The van der Waals surface area contributed by atoms with E-state index in [4.69, 9.17) is 0 Å². The van der Waals surface area contributed by atoms with Gasteiger partial charge in [-0.15, -0.1) is 4.40 Å². The number of carbonyl (C=O) groups excluding carboxylic acids is 1. The molecule has 2 fully saturated rings. The third-order valence-electron chi connectivity index (χ3n) is 7.74. The Balaban J connectivity index is 1.42. The van der Waals surface area contributed by atoms with Gasteiger partial charge in [0.15, 0.2) is 5.84 Å². The first-order valence-corrected chi connectivity index (χ1v) is 15.4. The molecule has 0 aromatic heterocycles. The highest BCUT2D eigenvalue weighted by atomic mass is 32.2. The molecule has 2 saturated carbocycles. The lowest BCUT2D eigenvalue weighted by Gasteiger charge is -2.44. The number of aliphatic hydroxyl groups is 1. The minimum absolute atomic E-state index is 0.0694. The highest BCUT2D eigenvalue weighted by Crippen LogP contribution is 2.55. The van der Waals surface area contributed by atoms with Gasteiger partial charge >= 0.3 is 0 Å². The van der Waals surface area contributed by atoms with Gasteiger partial charge in [-0.3, -0.25) is 9.52 Å². The van der Waals surface area contributed by atoms with Gasteiger partial charge in [-0.1, -0.05) is 30.3 Å². The molecule has 2 aliphatic heterocycles. The second-order valence-corrected chi connectivity index (χ2v) is 13.5. The number of fused-ring (bicyclic) bond motifs is 6. The molecule has 0 saturated heterocycles. The number of nitrogens with zero attached hydrogens (tertiary/aromatic N) is 2. The molecule has 4 atom stereocenters. The van der Waals surface area contributed by atoms with Crippen LogP contribution in [0.5, 0.6) is 0 Å². The smallest absolute Gasteiger partial charge is 0.286 e. The minimum atomic E-state index is -4.30. The van der Waals surface area contributed by atoms with Gasteiger partial charge in [-0.2, -0.15) is 8.42 Å². The number of anilines is 2. The molecule has 12 heteroatoms. The van der Waals surface area contributed by atoms with E-state index >= 15 is 0 Å². The van der Waals surface area contributed by atoms with Gasteiger partial charge in [0.1, 0.15) is 16.2 Å². The van der Waals surface area contributed by atoms with Gasteiger partial charge in [0.2, 0.25) is 10.0 Å². The molecule has 6 rings (SSSR count). The van der Waals surface area contributed by atoms with Crippen molar-refractivity contribution in [3.63, 3.8) is 0 Å². The van der Waals surface area contributed by atoms with Crippen molar-refractivity contribution >= 4 is 43.2 Å². The quantitative estimate of drug-likeness (QED) is 0.527. The molecule has 0 unspecified atom stereocenters. The summed E-state index contributed by atoms with van der Waals surface area (Å²) in [6.45, 7) is 0.345. The van der Waals surface area contributed by atoms with Gasteiger partial charge in [0.05, 0.1) is 11.9 Å². The van der Waals surface area contributed by atoms with Crippen LogP contribution in [0, 0.1) is 17.8 Å². The Kier molecular flexibility index (Phi) is 5.39. The molecule has 0 radical (unpaired) electrons. The van der Waals surface area contributed by atoms with E-state index in [-0.39, 0.29) is 57.2 Å². The Morgan fingerprint density at radius 3 is 2.59 bits per heavy atom. The lowest BCUT2D eigenvalue weighted by molar-refractivity contribution is -0.134. The first kappa shape index (κ1) is 24.0. The van der Waals surface area contributed by atoms with Crippen LogP contribution in [0.4, 0.5) is 11.4 Å². The maximum absolute atomic E-state index is 13.9. The summed E-state index contributed by atoms with van der Waals surface area (Å²) in [6, 6.07) is 13.4. The number of benzene rings is 2. The van der Waals surface area contributed by atoms with Crippen LogP contribution in [0.2, 0.25) is 0 Å². The Labute approximate surface area is 215 Å². The molecule has 0 spiro atoms. The van der Waals surface area contributed by atoms with E-state index in [1.807, 2.05) is 30.3 Å². The Bertz CT molecular complexity index is 1580. The van der Waals surface area contributed by atoms with Gasteiger partial charge in [-0.25, -0.2) is 8.42 Å². The van der Waals surface area contributed by atoms with Crippen molar-refractivity contribution in [1.82, 2.24) is 4.90 Å². The average Bonchev–Trinajstić information content (AvgIpc) is 3.44. The van der Waals surface area contributed by atoms with Gasteiger partial charge in [0.25, 0.3) is 15.9 Å². The van der Waals surface area contributed by atoms with Gasteiger partial charge in [0, 0.05) is 24.2 Å². The van der Waals surface area contributed by atoms with Crippen molar-refractivity contribution in [1.29, 1.82) is 0 Å². The van der Waals surface area contributed by atoms with E-state index < -0.39 is 26.0 Å². The number of nitrogens with one attached hydrogen (secondary N) is 2. The van der Waals surface area contributed by atoms with Crippen LogP contribution in [-0.2, 0) is 31.4 Å². The first-order chi connectivity index (χ1) is 17.5. The van der Waals surface area contributed by atoms with Crippen LogP contribution in [0.25, 0.3) is 0 Å². The van der Waals surface area contributed by atoms with E-state index in [9.17, 15) is 26.7 Å². The number of carbonyl (C=O) groups is 1. The molecule has 1 amide bonds. The molecule has 2 bridgehead atoms. The fourth-order valence-corrected chi connectivity index (χ4v) is 8.08. The van der Waals surface area contributed by atoms with Gasteiger partial charge in [-0.05, 0) is 54.9 Å². The number of hydrogen-bond acceptors (Lipinski definition) is 7. The summed E-state index contributed by atoms with van der Waals surface area (Å²) in [5.41, 5.74) is 1.03. The predicted octanol–water partition coefficient (Wildman–Crippen LogP) is 2.84. The molecule has 2 heterocycles. The summed E-state index contributed by atoms with van der Waals surface area (Å²) in [6.07, 6.45) is 3.83. The van der Waals surface area contributed by atoms with Crippen LogP contribution in [0.3, 0.4) is 0 Å². The standard InChI is InChI=1S/C25H26N4O6S2/c1-36(32,33)27-17-9-10-18-19(12-17)37(34,35)28-24(26-18)21-23(30)20-15-7-8-16(11-15)22(20)29(25(21)31)13-14-5-3-2-4-6-14/h2-6,9-10,12,15-16,20,22,27,30H,7-8,11,13H2,1H3,(H,26,28)/t15-,16+,20+,22-/m0/s1. The van der Waals surface area contributed by atoms with Crippen LogP contribution in [0.1, 0.15) is 24.8 Å². The number of hydrogen-bond donors (Lipinski definition) is 3. The SMILES string of the molecule is CS(=O)(=O)Nc1ccc2c(c1)S(=O)(=O)N=C(C1=C(O)[C@@H]3[C@H]4CC[C@H](C4)[C@@H]3N(Cc3ccccc3)C1=O)N2. The topological polar surface area (TPSA) is 145 Å². The number of rotatable bonds is 5. The molecule has 2 aromatic rings. The van der Waals surface area contributed by atoms with Crippen LogP contribution in [-0.4, -0.2) is 50.9 Å². The fraction of sp³-hybridized carbons (Fsp3) is 0.360. The Morgan fingerprint density at radius 2 is 1.86 bits per heavy atom. The number of amidine groups is 1. The minimum Gasteiger partial charge on any atom is -0.511 e.